The Balaban J connectivity index is 2.11. The van der Waals surface area contributed by atoms with Gasteiger partial charge < -0.3 is 10.2 Å². The number of nitrogens with zero attached hydrogens (tertiary/aromatic N) is 1. The fourth-order valence-corrected chi connectivity index (χ4v) is 3.12. The van der Waals surface area contributed by atoms with Crippen molar-refractivity contribution in [3.63, 3.8) is 0 Å². The first kappa shape index (κ1) is 14.9. The third-order valence-electron chi connectivity index (χ3n) is 3.31. The zero-order chi connectivity index (χ0) is 14.5. The van der Waals surface area contributed by atoms with E-state index in [0.29, 0.717) is 12.5 Å². The Bertz CT molecular complexity index is 478. The topological polar surface area (TPSA) is 49.4 Å². The van der Waals surface area contributed by atoms with Crippen LogP contribution in [0, 0.1) is 5.92 Å². The summed E-state index contributed by atoms with van der Waals surface area (Å²) in [5.41, 5.74) is 0.841. The van der Waals surface area contributed by atoms with E-state index in [1.165, 1.54) is 0 Å². The fourth-order valence-electron chi connectivity index (χ4n) is 2.44. The van der Waals surface area contributed by atoms with Crippen molar-refractivity contribution in [1.29, 1.82) is 0 Å². The maximum Gasteiger partial charge on any atom is 0.250 e. The van der Waals surface area contributed by atoms with Crippen molar-refractivity contribution in [2.75, 3.05) is 25.1 Å². The zero-order valence-electron chi connectivity index (χ0n) is 11.8. The fraction of sp³-hybridized carbons (Fsp3) is 0.467. The van der Waals surface area contributed by atoms with Gasteiger partial charge in [-0.25, -0.2) is 0 Å². The lowest BCUT2D eigenvalue weighted by atomic mass is 10.0. The highest BCUT2D eigenvalue weighted by molar-refractivity contribution is 7.98. The molecule has 0 saturated carbocycles. The smallest absolute Gasteiger partial charge is 0.250 e. The van der Waals surface area contributed by atoms with Crippen molar-refractivity contribution in [2.45, 2.75) is 13.0 Å². The number of nitrogens with one attached hydrogen (secondary N) is 1. The molecule has 1 fully saturated rings. The highest BCUT2D eigenvalue weighted by Crippen LogP contribution is 2.20. The van der Waals surface area contributed by atoms with E-state index in [-0.39, 0.29) is 18.4 Å². The zero-order valence-corrected chi connectivity index (χ0v) is 12.7. The van der Waals surface area contributed by atoms with Gasteiger partial charge in [0.25, 0.3) is 0 Å². The molecule has 20 heavy (non-hydrogen) atoms. The molecule has 1 aliphatic rings. The Morgan fingerprint density at radius 1 is 1.35 bits per heavy atom. The Kier molecular flexibility index (Phi) is 5.06. The molecule has 4 nitrogen and oxygen atoms in total. The molecule has 1 heterocycles. The molecule has 1 N–H and O–H groups in total. The van der Waals surface area contributed by atoms with Crippen molar-refractivity contribution in [1.82, 2.24) is 10.2 Å². The van der Waals surface area contributed by atoms with Crippen LogP contribution < -0.4 is 5.32 Å². The van der Waals surface area contributed by atoms with E-state index in [0.717, 1.165) is 11.3 Å². The van der Waals surface area contributed by atoms with E-state index in [4.69, 9.17) is 0 Å². The Morgan fingerprint density at radius 2 is 2.05 bits per heavy atom. The minimum atomic E-state index is -0.543. The average Bonchev–Trinajstić information content (AvgIpc) is 2.43. The van der Waals surface area contributed by atoms with Crippen molar-refractivity contribution in [3.8, 4) is 0 Å². The molecule has 2 atom stereocenters. The first-order chi connectivity index (χ1) is 9.61. The number of hydrogen-bond acceptors (Lipinski definition) is 3. The maximum atomic E-state index is 12.5. The molecule has 1 aliphatic heterocycles. The molecular formula is C15H20N2O2S. The van der Waals surface area contributed by atoms with Crippen molar-refractivity contribution < 1.29 is 9.59 Å². The summed E-state index contributed by atoms with van der Waals surface area (Å²) in [7, 11) is 0. The summed E-state index contributed by atoms with van der Waals surface area (Å²) < 4.78 is 0. The monoisotopic (exact) mass is 292 g/mol. The minimum Gasteiger partial charge on any atom is -0.339 e. The van der Waals surface area contributed by atoms with Crippen LogP contribution in [0.3, 0.4) is 0 Å². The van der Waals surface area contributed by atoms with Gasteiger partial charge in [-0.3, -0.25) is 9.59 Å². The first-order valence-electron chi connectivity index (χ1n) is 6.74. The lowest BCUT2D eigenvalue weighted by molar-refractivity contribution is -0.144. The molecule has 2 amide bonds. The second kappa shape index (κ2) is 6.79. The second-order valence-corrected chi connectivity index (χ2v) is 6.10. The molecular weight excluding hydrogens is 272 g/mol. The number of benzene rings is 1. The summed E-state index contributed by atoms with van der Waals surface area (Å²) in [4.78, 5) is 26.0. The molecule has 1 aromatic carbocycles. The summed E-state index contributed by atoms with van der Waals surface area (Å²) in [5, 5.41) is 2.78. The summed E-state index contributed by atoms with van der Waals surface area (Å²) in [6, 6.07) is 8.86. The van der Waals surface area contributed by atoms with Crippen LogP contribution >= 0.6 is 11.8 Å². The lowest BCUT2D eigenvalue weighted by Gasteiger charge is -2.34. The predicted molar refractivity (Wildman–Crippen MR) is 81.5 cm³/mol. The van der Waals surface area contributed by atoms with Crippen LogP contribution in [0.4, 0.5) is 0 Å². The number of carbonyl (C=O) groups is 2. The van der Waals surface area contributed by atoms with Crippen molar-refractivity contribution in [2.24, 2.45) is 5.92 Å². The standard InChI is InChI=1S/C15H20N2O2S/c1-11(10-20-2)8-17-9-13(18)16-14(15(17)19)12-6-4-3-5-7-12/h3-7,11,14H,8-10H2,1-2H3,(H,16,18). The van der Waals surface area contributed by atoms with Gasteiger partial charge in [0, 0.05) is 6.54 Å². The van der Waals surface area contributed by atoms with Crippen LogP contribution in [0.1, 0.15) is 18.5 Å². The Labute approximate surface area is 123 Å². The number of piperazine rings is 1. The summed E-state index contributed by atoms with van der Waals surface area (Å²) in [6.45, 7) is 2.91. The molecule has 2 unspecified atom stereocenters. The molecule has 0 bridgehead atoms. The quantitative estimate of drug-likeness (QED) is 0.898. The van der Waals surface area contributed by atoms with Gasteiger partial charge in [0.05, 0.1) is 6.54 Å². The van der Waals surface area contributed by atoms with Crippen LogP contribution in [-0.4, -0.2) is 41.8 Å². The third-order valence-corrected chi connectivity index (χ3v) is 4.22. The van der Waals surface area contributed by atoms with Crippen molar-refractivity contribution in [3.05, 3.63) is 35.9 Å². The van der Waals surface area contributed by atoms with Crippen LogP contribution in [0.25, 0.3) is 0 Å². The molecule has 0 spiro atoms. The highest BCUT2D eigenvalue weighted by Gasteiger charge is 2.33. The summed E-state index contributed by atoms with van der Waals surface area (Å²) in [6.07, 6.45) is 2.05. The number of rotatable bonds is 5. The van der Waals surface area contributed by atoms with Crippen LogP contribution in [0.15, 0.2) is 30.3 Å². The lowest BCUT2D eigenvalue weighted by Crippen LogP contribution is -2.54. The molecule has 0 radical (unpaired) electrons. The molecule has 0 aliphatic carbocycles. The van der Waals surface area contributed by atoms with Gasteiger partial charge in [0.1, 0.15) is 6.04 Å². The van der Waals surface area contributed by atoms with E-state index < -0.39 is 6.04 Å². The molecule has 0 aromatic heterocycles. The summed E-state index contributed by atoms with van der Waals surface area (Å²) >= 11 is 1.76. The number of hydrogen-bond donors (Lipinski definition) is 1. The third kappa shape index (κ3) is 3.54. The summed E-state index contributed by atoms with van der Waals surface area (Å²) in [5.74, 6) is 1.27. The van der Waals surface area contributed by atoms with E-state index in [2.05, 4.69) is 12.2 Å². The predicted octanol–water partition coefficient (Wildman–Crippen LogP) is 1.69. The van der Waals surface area contributed by atoms with E-state index in [1.54, 1.807) is 16.7 Å². The Hall–Kier alpha value is -1.49. The molecule has 1 aromatic rings. The molecule has 108 valence electrons. The minimum absolute atomic E-state index is 0.0104. The normalized spacial score (nSPS) is 20.7. The van der Waals surface area contributed by atoms with Gasteiger partial charge in [-0.05, 0) is 23.5 Å². The number of carbonyl (C=O) groups excluding carboxylic acids is 2. The van der Waals surface area contributed by atoms with Crippen LogP contribution in [0.5, 0.6) is 0 Å². The van der Waals surface area contributed by atoms with Gasteiger partial charge >= 0.3 is 0 Å². The van der Waals surface area contributed by atoms with Crippen LogP contribution in [-0.2, 0) is 9.59 Å². The highest BCUT2D eigenvalue weighted by atomic mass is 32.2. The van der Waals surface area contributed by atoms with Gasteiger partial charge in [0.2, 0.25) is 11.8 Å². The SMILES string of the molecule is CSCC(C)CN1CC(=O)NC(c2ccccc2)C1=O. The average molecular weight is 292 g/mol. The number of thioether (sulfide) groups is 1. The first-order valence-corrected chi connectivity index (χ1v) is 8.13. The van der Waals surface area contributed by atoms with E-state index in [1.807, 2.05) is 36.6 Å². The van der Waals surface area contributed by atoms with Gasteiger partial charge in [-0.1, -0.05) is 37.3 Å². The molecule has 1 saturated heterocycles. The van der Waals surface area contributed by atoms with Crippen molar-refractivity contribution >= 4 is 23.6 Å². The van der Waals surface area contributed by atoms with Gasteiger partial charge in [-0.15, -0.1) is 0 Å². The van der Waals surface area contributed by atoms with Gasteiger partial charge in [-0.2, -0.15) is 11.8 Å². The number of amides is 2. The molecule has 5 heteroatoms. The van der Waals surface area contributed by atoms with Crippen LogP contribution in [0.2, 0.25) is 0 Å². The van der Waals surface area contributed by atoms with Gasteiger partial charge in [0.15, 0.2) is 0 Å². The maximum absolute atomic E-state index is 12.5. The van der Waals surface area contributed by atoms with E-state index >= 15 is 0 Å². The second-order valence-electron chi connectivity index (χ2n) is 5.19. The van der Waals surface area contributed by atoms with E-state index in [9.17, 15) is 9.59 Å². The Morgan fingerprint density at radius 3 is 2.70 bits per heavy atom. The molecule has 2 rings (SSSR count). The largest absolute Gasteiger partial charge is 0.339 e.